The molecule has 0 saturated heterocycles. The Morgan fingerprint density at radius 1 is 1.50 bits per heavy atom. The Kier molecular flexibility index (Phi) is 1.28. The van der Waals surface area contributed by atoms with Crippen molar-refractivity contribution in [3.8, 4) is 0 Å². The Bertz CT molecular complexity index is 319. The molecule has 2 heterocycles. The van der Waals surface area contributed by atoms with Crippen LogP contribution in [-0.2, 0) is 9.59 Å². The quantitative estimate of drug-likeness (QED) is 0.363. The molecule has 2 amide bonds. The number of carbonyl (C=O) groups is 2. The standard InChI is InChI=1S/C7H6N2O3/c10-5-3-4-1-2-8-6(4)7(11)9(5)12/h1-3,6,8,12H. The molecule has 0 radical (unpaired) electrons. The summed E-state index contributed by atoms with van der Waals surface area (Å²) in [7, 11) is 0. The highest BCUT2D eigenvalue weighted by Gasteiger charge is 2.35. The van der Waals surface area contributed by atoms with Gasteiger partial charge in [0.1, 0.15) is 6.04 Å². The molecule has 1 unspecified atom stereocenters. The largest absolute Gasteiger partial charge is 0.376 e. The van der Waals surface area contributed by atoms with Crippen molar-refractivity contribution >= 4 is 11.8 Å². The molecule has 2 aliphatic heterocycles. The molecule has 0 saturated carbocycles. The molecule has 0 spiro atoms. The van der Waals surface area contributed by atoms with E-state index < -0.39 is 17.9 Å². The summed E-state index contributed by atoms with van der Waals surface area (Å²) in [6.07, 6.45) is 4.43. The molecule has 2 rings (SSSR count). The third-order valence-corrected chi connectivity index (χ3v) is 1.83. The van der Waals surface area contributed by atoms with Crippen molar-refractivity contribution in [2.45, 2.75) is 6.04 Å². The molecule has 0 aromatic rings. The Labute approximate surface area is 67.9 Å². The van der Waals surface area contributed by atoms with Crippen molar-refractivity contribution in [2.75, 3.05) is 0 Å². The minimum Gasteiger partial charge on any atom is -0.376 e. The summed E-state index contributed by atoms with van der Waals surface area (Å²) in [4.78, 5) is 22.0. The first kappa shape index (κ1) is 7.05. The fourth-order valence-corrected chi connectivity index (χ4v) is 1.21. The number of imide groups is 1. The number of hydrogen-bond acceptors (Lipinski definition) is 4. The maximum atomic E-state index is 11.1. The van der Waals surface area contributed by atoms with Crippen molar-refractivity contribution in [3.63, 3.8) is 0 Å². The first-order valence-corrected chi connectivity index (χ1v) is 3.41. The second-order valence-electron chi connectivity index (χ2n) is 2.57. The molecular formula is C7H6N2O3. The van der Waals surface area contributed by atoms with E-state index in [0.29, 0.717) is 5.57 Å². The molecule has 1 atom stereocenters. The number of nitrogens with one attached hydrogen (secondary N) is 1. The lowest BCUT2D eigenvalue weighted by atomic mass is 10.1. The zero-order valence-corrected chi connectivity index (χ0v) is 6.02. The van der Waals surface area contributed by atoms with Gasteiger partial charge in [0.2, 0.25) is 0 Å². The third kappa shape index (κ3) is 0.768. The summed E-state index contributed by atoms with van der Waals surface area (Å²) in [5.41, 5.74) is 0.593. The van der Waals surface area contributed by atoms with Gasteiger partial charge < -0.3 is 5.32 Å². The molecular weight excluding hydrogens is 160 g/mol. The zero-order chi connectivity index (χ0) is 8.72. The summed E-state index contributed by atoms with van der Waals surface area (Å²) >= 11 is 0. The van der Waals surface area contributed by atoms with Crippen LogP contribution >= 0.6 is 0 Å². The Morgan fingerprint density at radius 2 is 2.25 bits per heavy atom. The number of nitrogens with zero attached hydrogens (tertiary/aromatic N) is 1. The van der Waals surface area contributed by atoms with Gasteiger partial charge in [0.25, 0.3) is 11.8 Å². The molecule has 2 N–H and O–H groups in total. The lowest BCUT2D eigenvalue weighted by Gasteiger charge is -2.21. The van der Waals surface area contributed by atoms with Crippen LogP contribution in [0.15, 0.2) is 23.9 Å². The van der Waals surface area contributed by atoms with Gasteiger partial charge in [-0.2, -0.15) is 5.06 Å². The van der Waals surface area contributed by atoms with Gasteiger partial charge in [-0.25, -0.2) is 0 Å². The van der Waals surface area contributed by atoms with Crippen molar-refractivity contribution in [2.24, 2.45) is 0 Å². The lowest BCUT2D eigenvalue weighted by Crippen LogP contribution is -2.48. The molecule has 5 heteroatoms. The van der Waals surface area contributed by atoms with E-state index >= 15 is 0 Å². The normalized spacial score (nSPS) is 26.9. The smallest absolute Gasteiger partial charge is 0.280 e. The molecule has 0 aliphatic carbocycles. The van der Waals surface area contributed by atoms with E-state index in [0.717, 1.165) is 0 Å². The van der Waals surface area contributed by atoms with Crippen LogP contribution in [0, 0.1) is 0 Å². The molecule has 0 aromatic heterocycles. The second-order valence-corrected chi connectivity index (χ2v) is 2.57. The van der Waals surface area contributed by atoms with E-state index in [1.54, 1.807) is 12.3 Å². The minimum atomic E-state index is -0.695. The summed E-state index contributed by atoms with van der Waals surface area (Å²) in [6.45, 7) is 0. The van der Waals surface area contributed by atoms with Crippen LogP contribution in [0.5, 0.6) is 0 Å². The second kappa shape index (κ2) is 2.18. The van der Waals surface area contributed by atoms with E-state index in [2.05, 4.69) is 5.32 Å². The molecule has 5 nitrogen and oxygen atoms in total. The van der Waals surface area contributed by atoms with Gasteiger partial charge in [-0.05, 0) is 17.8 Å². The van der Waals surface area contributed by atoms with Gasteiger partial charge in [-0.1, -0.05) is 0 Å². The van der Waals surface area contributed by atoms with Gasteiger partial charge >= 0.3 is 0 Å². The van der Waals surface area contributed by atoms with E-state index in [1.807, 2.05) is 0 Å². The fourth-order valence-electron chi connectivity index (χ4n) is 1.21. The van der Waals surface area contributed by atoms with E-state index in [1.165, 1.54) is 6.08 Å². The van der Waals surface area contributed by atoms with Gasteiger partial charge in [0, 0.05) is 6.08 Å². The number of hydrogen-bond donors (Lipinski definition) is 2. The topological polar surface area (TPSA) is 69.6 Å². The van der Waals surface area contributed by atoms with Crippen molar-refractivity contribution in [1.82, 2.24) is 10.4 Å². The summed E-state index contributed by atoms with van der Waals surface area (Å²) < 4.78 is 0. The highest BCUT2D eigenvalue weighted by Crippen LogP contribution is 2.17. The van der Waals surface area contributed by atoms with Gasteiger partial charge in [-0.3, -0.25) is 14.8 Å². The third-order valence-electron chi connectivity index (χ3n) is 1.83. The summed E-state index contributed by atoms with van der Waals surface area (Å²) in [5.74, 6) is -1.33. The van der Waals surface area contributed by atoms with Crippen molar-refractivity contribution in [3.05, 3.63) is 23.9 Å². The molecule has 12 heavy (non-hydrogen) atoms. The maximum absolute atomic E-state index is 11.1. The number of hydroxylamine groups is 2. The first-order valence-electron chi connectivity index (χ1n) is 3.41. The number of rotatable bonds is 0. The zero-order valence-electron chi connectivity index (χ0n) is 6.02. The Hall–Kier alpha value is -1.62. The molecule has 0 aromatic carbocycles. The highest BCUT2D eigenvalue weighted by atomic mass is 16.5. The predicted octanol–water partition coefficient (Wildman–Crippen LogP) is -0.844. The van der Waals surface area contributed by atoms with E-state index in [9.17, 15) is 9.59 Å². The maximum Gasteiger partial charge on any atom is 0.280 e. The number of fused-ring (bicyclic) bond motifs is 1. The average molecular weight is 166 g/mol. The van der Waals surface area contributed by atoms with E-state index in [-0.39, 0.29) is 5.06 Å². The van der Waals surface area contributed by atoms with Crippen LogP contribution in [-0.4, -0.2) is 28.1 Å². The Balaban J connectivity index is 2.42. The van der Waals surface area contributed by atoms with Crippen LogP contribution in [0.2, 0.25) is 0 Å². The molecule has 62 valence electrons. The summed E-state index contributed by atoms with van der Waals surface area (Å²) in [6, 6.07) is -0.590. The monoisotopic (exact) mass is 166 g/mol. The molecule has 0 bridgehead atoms. The van der Waals surface area contributed by atoms with Crippen LogP contribution in [0.1, 0.15) is 0 Å². The Morgan fingerprint density at radius 3 is 3.00 bits per heavy atom. The molecule has 2 aliphatic rings. The molecule has 0 fully saturated rings. The fraction of sp³-hybridized carbons (Fsp3) is 0.143. The number of carbonyl (C=O) groups excluding carboxylic acids is 2. The van der Waals surface area contributed by atoms with Crippen molar-refractivity contribution in [1.29, 1.82) is 0 Å². The first-order chi connectivity index (χ1) is 5.70. The number of amides is 2. The van der Waals surface area contributed by atoms with Gasteiger partial charge in [-0.15, -0.1) is 0 Å². The lowest BCUT2D eigenvalue weighted by molar-refractivity contribution is -0.177. The van der Waals surface area contributed by atoms with Gasteiger partial charge in [0.15, 0.2) is 0 Å². The van der Waals surface area contributed by atoms with Crippen LogP contribution in [0.4, 0.5) is 0 Å². The van der Waals surface area contributed by atoms with Crippen LogP contribution < -0.4 is 5.32 Å². The average Bonchev–Trinajstić information content (AvgIpc) is 2.48. The van der Waals surface area contributed by atoms with Crippen LogP contribution in [0.3, 0.4) is 0 Å². The highest BCUT2D eigenvalue weighted by molar-refractivity contribution is 6.07. The SMILES string of the molecule is O=C1C=C2C=CNC2C(=O)N1O. The van der Waals surface area contributed by atoms with E-state index in [4.69, 9.17) is 5.21 Å². The predicted molar refractivity (Wildman–Crippen MR) is 37.8 cm³/mol. The minimum absolute atomic E-state index is 0.119. The van der Waals surface area contributed by atoms with Crippen molar-refractivity contribution < 1.29 is 14.8 Å². The van der Waals surface area contributed by atoms with Gasteiger partial charge in [0.05, 0.1) is 0 Å². The van der Waals surface area contributed by atoms with Crippen LogP contribution in [0.25, 0.3) is 0 Å². The summed E-state index contributed by atoms with van der Waals surface area (Å²) in [5, 5.41) is 11.7.